The summed E-state index contributed by atoms with van der Waals surface area (Å²) in [6.07, 6.45) is 2.92. The maximum absolute atomic E-state index is 6.06. The van der Waals surface area contributed by atoms with Gasteiger partial charge in [-0.2, -0.15) is 5.10 Å². The van der Waals surface area contributed by atoms with Crippen LogP contribution in [-0.4, -0.2) is 15.5 Å². The average Bonchev–Trinajstić information content (AvgIpc) is 2.68. The summed E-state index contributed by atoms with van der Waals surface area (Å²) < 4.78 is 1.71. The van der Waals surface area contributed by atoms with E-state index in [4.69, 9.17) is 17.3 Å². The van der Waals surface area contributed by atoms with Crippen molar-refractivity contribution in [1.29, 1.82) is 0 Å². The molecule has 0 aliphatic rings. The molecular formula is C12H14ClN3S. The Kier molecular flexibility index (Phi) is 3.97. The van der Waals surface area contributed by atoms with Crippen LogP contribution in [-0.2, 0) is 0 Å². The maximum Gasteiger partial charge on any atom is 0.140 e. The van der Waals surface area contributed by atoms with Crippen molar-refractivity contribution in [3.05, 3.63) is 35.5 Å². The molecule has 0 saturated carbocycles. The van der Waals surface area contributed by atoms with Gasteiger partial charge in [-0.25, -0.2) is 4.68 Å². The van der Waals surface area contributed by atoms with E-state index in [1.54, 1.807) is 22.6 Å². The Hall–Kier alpha value is -1.13. The van der Waals surface area contributed by atoms with Crippen molar-refractivity contribution in [2.75, 3.05) is 11.5 Å². The lowest BCUT2D eigenvalue weighted by molar-refractivity contribution is 0.891. The molecule has 5 heteroatoms. The first-order valence-electron chi connectivity index (χ1n) is 5.44. The van der Waals surface area contributed by atoms with Crippen LogP contribution in [0.3, 0.4) is 0 Å². The first-order valence-corrected chi connectivity index (χ1v) is 6.81. The molecular weight excluding hydrogens is 254 g/mol. The number of nitrogens with two attached hydrogens (primary N) is 1. The van der Waals surface area contributed by atoms with E-state index in [1.807, 2.05) is 24.3 Å². The van der Waals surface area contributed by atoms with E-state index in [-0.39, 0.29) is 0 Å². The standard InChI is InChI=1S/C12H14ClN3S/c1-2-6-17-11-8-15-16(12(11)14)10-5-3-4-9(13)7-10/h3-5,7-8H,2,6,14H2,1H3. The van der Waals surface area contributed by atoms with Crippen LogP contribution >= 0.6 is 23.4 Å². The summed E-state index contributed by atoms with van der Waals surface area (Å²) in [4.78, 5) is 1.02. The van der Waals surface area contributed by atoms with Crippen molar-refractivity contribution >= 4 is 29.2 Å². The minimum Gasteiger partial charge on any atom is -0.383 e. The minimum absolute atomic E-state index is 0.672. The predicted molar refractivity (Wildman–Crippen MR) is 74.0 cm³/mol. The Morgan fingerprint density at radius 1 is 1.47 bits per heavy atom. The molecule has 0 aliphatic heterocycles. The lowest BCUT2D eigenvalue weighted by Crippen LogP contribution is -2.01. The van der Waals surface area contributed by atoms with E-state index in [2.05, 4.69) is 12.0 Å². The molecule has 17 heavy (non-hydrogen) atoms. The van der Waals surface area contributed by atoms with Crippen molar-refractivity contribution in [3.63, 3.8) is 0 Å². The van der Waals surface area contributed by atoms with Gasteiger partial charge in [0.15, 0.2) is 0 Å². The van der Waals surface area contributed by atoms with E-state index >= 15 is 0 Å². The van der Waals surface area contributed by atoms with E-state index in [0.717, 1.165) is 22.8 Å². The number of hydrogen-bond donors (Lipinski definition) is 1. The van der Waals surface area contributed by atoms with Gasteiger partial charge in [-0.15, -0.1) is 11.8 Å². The third-order valence-corrected chi connectivity index (χ3v) is 3.76. The van der Waals surface area contributed by atoms with Gasteiger partial charge in [-0.3, -0.25) is 0 Å². The third kappa shape index (κ3) is 2.76. The largest absolute Gasteiger partial charge is 0.383 e. The van der Waals surface area contributed by atoms with Gasteiger partial charge in [0.05, 0.1) is 16.8 Å². The third-order valence-electron chi connectivity index (χ3n) is 2.29. The average molecular weight is 268 g/mol. The second-order valence-corrected chi connectivity index (χ2v) is 5.21. The van der Waals surface area contributed by atoms with Crippen molar-refractivity contribution in [2.24, 2.45) is 0 Å². The van der Waals surface area contributed by atoms with Gasteiger partial charge in [-0.1, -0.05) is 24.6 Å². The zero-order valence-corrected chi connectivity index (χ0v) is 11.1. The molecule has 1 heterocycles. The van der Waals surface area contributed by atoms with Crippen molar-refractivity contribution < 1.29 is 0 Å². The van der Waals surface area contributed by atoms with Gasteiger partial charge >= 0.3 is 0 Å². The fourth-order valence-corrected chi connectivity index (χ4v) is 2.44. The van der Waals surface area contributed by atoms with E-state index in [0.29, 0.717) is 10.8 Å². The lowest BCUT2D eigenvalue weighted by Gasteiger charge is -2.05. The fourth-order valence-electron chi connectivity index (χ4n) is 1.48. The summed E-state index contributed by atoms with van der Waals surface area (Å²) in [6, 6.07) is 7.50. The molecule has 0 radical (unpaired) electrons. The molecule has 1 aromatic heterocycles. The van der Waals surface area contributed by atoms with Gasteiger partial charge in [0.2, 0.25) is 0 Å². The zero-order chi connectivity index (χ0) is 12.3. The van der Waals surface area contributed by atoms with Gasteiger partial charge < -0.3 is 5.73 Å². The Balaban J connectivity index is 2.30. The number of nitrogen functional groups attached to an aromatic ring is 1. The SMILES string of the molecule is CCCSc1cnn(-c2cccc(Cl)c2)c1N. The highest BCUT2D eigenvalue weighted by molar-refractivity contribution is 7.99. The maximum atomic E-state index is 6.06. The fraction of sp³-hybridized carbons (Fsp3) is 0.250. The molecule has 0 fully saturated rings. The summed E-state index contributed by atoms with van der Waals surface area (Å²) in [7, 11) is 0. The summed E-state index contributed by atoms with van der Waals surface area (Å²) in [6.45, 7) is 2.14. The number of thioether (sulfide) groups is 1. The van der Waals surface area contributed by atoms with E-state index in [1.165, 1.54) is 0 Å². The quantitative estimate of drug-likeness (QED) is 0.861. The number of anilines is 1. The lowest BCUT2D eigenvalue weighted by atomic mass is 10.3. The molecule has 0 atom stereocenters. The van der Waals surface area contributed by atoms with Gasteiger partial charge in [0.1, 0.15) is 5.82 Å². The Labute approximate surface area is 110 Å². The second-order valence-electron chi connectivity index (χ2n) is 3.63. The normalized spacial score (nSPS) is 10.7. The molecule has 0 saturated heterocycles. The Morgan fingerprint density at radius 3 is 3.00 bits per heavy atom. The topological polar surface area (TPSA) is 43.8 Å². The monoisotopic (exact) mass is 267 g/mol. The molecule has 3 nitrogen and oxygen atoms in total. The highest BCUT2D eigenvalue weighted by Gasteiger charge is 2.09. The Bertz CT molecular complexity index is 510. The molecule has 90 valence electrons. The number of aromatic nitrogens is 2. The predicted octanol–water partition coefficient (Wildman–Crippen LogP) is 3.61. The molecule has 1 aromatic carbocycles. The summed E-state index contributed by atoms with van der Waals surface area (Å²) in [5, 5.41) is 4.97. The van der Waals surface area contributed by atoms with Crippen LogP contribution < -0.4 is 5.73 Å². The molecule has 0 amide bonds. The van der Waals surface area contributed by atoms with Crippen LogP contribution in [0.5, 0.6) is 0 Å². The molecule has 2 aromatic rings. The van der Waals surface area contributed by atoms with E-state index < -0.39 is 0 Å². The number of rotatable bonds is 4. The number of benzene rings is 1. The number of halogens is 1. The highest BCUT2D eigenvalue weighted by atomic mass is 35.5. The van der Waals surface area contributed by atoms with Crippen molar-refractivity contribution in [1.82, 2.24) is 9.78 Å². The molecule has 0 bridgehead atoms. The highest BCUT2D eigenvalue weighted by Crippen LogP contribution is 2.27. The first kappa shape index (κ1) is 12.3. The van der Waals surface area contributed by atoms with Crippen LogP contribution in [0.15, 0.2) is 35.4 Å². The molecule has 0 aliphatic carbocycles. The van der Waals surface area contributed by atoms with Crippen LogP contribution in [0.1, 0.15) is 13.3 Å². The van der Waals surface area contributed by atoms with Crippen molar-refractivity contribution in [3.8, 4) is 5.69 Å². The summed E-state index contributed by atoms with van der Waals surface area (Å²) in [5.41, 5.74) is 6.95. The zero-order valence-electron chi connectivity index (χ0n) is 9.56. The number of hydrogen-bond acceptors (Lipinski definition) is 3. The van der Waals surface area contributed by atoms with Crippen LogP contribution in [0, 0.1) is 0 Å². The van der Waals surface area contributed by atoms with Crippen molar-refractivity contribution in [2.45, 2.75) is 18.2 Å². The molecule has 2 rings (SSSR count). The Morgan fingerprint density at radius 2 is 2.29 bits per heavy atom. The van der Waals surface area contributed by atoms with E-state index in [9.17, 15) is 0 Å². The second kappa shape index (κ2) is 5.47. The van der Waals surface area contributed by atoms with Crippen LogP contribution in [0.4, 0.5) is 5.82 Å². The number of nitrogens with zero attached hydrogens (tertiary/aromatic N) is 2. The first-order chi connectivity index (χ1) is 8.22. The molecule has 2 N–H and O–H groups in total. The summed E-state index contributed by atoms with van der Waals surface area (Å²) in [5.74, 6) is 1.72. The van der Waals surface area contributed by atoms with Gasteiger partial charge in [0.25, 0.3) is 0 Å². The van der Waals surface area contributed by atoms with Gasteiger partial charge in [0, 0.05) is 5.02 Å². The smallest absolute Gasteiger partial charge is 0.140 e. The minimum atomic E-state index is 0.672. The van der Waals surface area contributed by atoms with Crippen LogP contribution in [0.2, 0.25) is 5.02 Å². The molecule has 0 unspecified atom stereocenters. The summed E-state index contributed by atoms with van der Waals surface area (Å²) >= 11 is 7.68. The van der Waals surface area contributed by atoms with Gasteiger partial charge in [-0.05, 0) is 30.4 Å². The molecule has 0 spiro atoms. The van der Waals surface area contributed by atoms with Crippen LogP contribution in [0.25, 0.3) is 5.69 Å².